The lowest BCUT2D eigenvalue weighted by atomic mass is 10.1. The van der Waals surface area contributed by atoms with Gasteiger partial charge in [-0.05, 0) is 5.56 Å². The molecule has 0 spiro atoms. The summed E-state index contributed by atoms with van der Waals surface area (Å²) in [6, 6.07) is 6.02. The van der Waals surface area contributed by atoms with E-state index < -0.39 is 4.92 Å². The number of carbonyl (C=O) groups is 2. The number of non-ortho nitro benzene ring substituents is 1. The van der Waals surface area contributed by atoms with Crippen LogP contribution in [0.5, 0.6) is 0 Å². The van der Waals surface area contributed by atoms with Crippen molar-refractivity contribution in [3.05, 3.63) is 39.9 Å². The first-order valence-corrected chi connectivity index (χ1v) is 7.68. The Bertz CT molecular complexity index is 590. The maximum atomic E-state index is 12.3. The van der Waals surface area contributed by atoms with Crippen LogP contribution in [0.15, 0.2) is 24.3 Å². The molecule has 1 aromatic carbocycles. The first kappa shape index (κ1) is 16.9. The Labute approximate surface area is 135 Å². The number of benzene rings is 1. The summed E-state index contributed by atoms with van der Waals surface area (Å²) >= 11 is 0. The van der Waals surface area contributed by atoms with E-state index in [1.807, 2.05) is 13.8 Å². The fourth-order valence-electron chi connectivity index (χ4n) is 2.56. The Morgan fingerprint density at radius 3 is 2.09 bits per heavy atom. The van der Waals surface area contributed by atoms with Crippen LogP contribution in [-0.2, 0) is 16.0 Å². The number of rotatable bonds is 4. The van der Waals surface area contributed by atoms with Gasteiger partial charge < -0.3 is 9.80 Å². The van der Waals surface area contributed by atoms with E-state index in [1.165, 1.54) is 12.1 Å². The van der Waals surface area contributed by atoms with E-state index in [0.717, 1.165) is 5.56 Å². The number of amides is 2. The third-order valence-corrected chi connectivity index (χ3v) is 3.94. The molecule has 0 radical (unpaired) electrons. The molecule has 0 bridgehead atoms. The van der Waals surface area contributed by atoms with Crippen molar-refractivity contribution in [1.29, 1.82) is 0 Å². The standard InChI is InChI=1S/C16H21N3O4/c1-12(2)16(21)18-9-7-17(8-10-18)15(20)11-13-3-5-14(6-4-13)19(22)23/h3-6,12H,7-11H2,1-2H3. The molecule has 0 aromatic heterocycles. The predicted octanol–water partition coefficient (Wildman–Crippen LogP) is 1.46. The summed E-state index contributed by atoms with van der Waals surface area (Å²) < 4.78 is 0. The van der Waals surface area contributed by atoms with E-state index >= 15 is 0 Å². The first-order chi connectivity index (χ1) is 10.9. The Balaban J connectivity index is 1.88. The lowest BCUT2D eigenvalue weighted by molar-refractivity contribution is -0.384. The normalized spacial score (nSPS) is 14.9. The number of nitro benzene ring substituents is 1. The molecule has 1 aliphatic rings. The van der Waals surface area contributed by atoms with Crippen molar-refractivity contribution in [2.45, 2.75) is 20.3 Å². The Hall–Kier alpha value is -2.44. The van der Waals surface area contributed by atoms with E-state index in [1.54, 1.807) is 21.9 Å². The largest absolute Gasteiger partial charge is 0.339 e. The third-order valence-electron chi connectivity index (χ3n) is 3.94. The molecule has 7 heteroatoms. The van der Waals surface area contributed by atoms with Gasteiger partial charge in [-0.15, -0.1) is 0 Å². The predicted molar refractivity (Wildman–Crippen MR) is 84.8 cm³/mol. The van der Waals surface area contributed by atoms with Gasteiger partial charge in [-0.1, -0.05) is 26.0 Å². The third kappa shape index (κ3) is 4.28. The monoisotopic (exact) mass is 319 g/mol. The van der Waals surface area contributed by atoms with Crippen molar-refractivity contribution in [3.63, 3.8) is 0 Å². The van der Waals surface area contributed by atoms with Crippen molar-refractivity contribution in [2.24, 2.45) is 5.92 Å². The molecule has 1 heterocycles. The van der Waals surface area contributed by atoms with Crippen LogP contribution in [-0.4, -0.2) is 52.7 Å². The highest BCUT2D eigenvalue weighted by Crippen LogP contribution is 2.14. The summed E-state index contributed by atoms with van der Waals surface area (Å²) in [6.45, 7) is 5.92. The van der Waals surface area contributed by atoms with Crippen LogP contribution in [0.1, 0.15) is 19.4 Å². The highest BCUT2D eigenvalue weighted by Gasteiger charge is 2.25. The van der Waals surface area contributed by atoms with Crippen molar-refractivity contribution < 1.29 is 14.5 Å². The molecule has 7 nitrogen and oxygen atoms in total. The van der Waals surface area contributed by atoms with Gasteiger partial charge in [0.15, 0.2) is 0 Å². The molecule has 2 amide bonds. The second-order valence-corrected chi connectivity index (χ2v) is 5.96. The lowest BCUT2D eigenvalue weighted by Gasteiger charge is -2.35. The summed E-state index contributed by atoms with van der Waals surface area (Å²) in [5.74, 6) is 0.0697. The number of piperazine rings is 1. The van der Waals surface area contributed by atoms with Gasteiger partial charge in [0.25, 0.3) is 5.69 Å². The van der Waals surface area contributed by atoms with Crippen molar-refractivity contribution in [2.75, 3.05) is 26.2 Å². The molecule has 0 saturated carbocycles. The second kappa shape index (κ2) is 7.21. The highest BCUT2D eigenvalue weighted by molar-refractivity contribution is 5.80. The molecule has 0 unspecified atom stereocenters. The van der Waals surface area contributed by atoms with Crippen molar-refractivity contribution in [3.8, 4) is 0 Å². The maximum absolute atomic E-state index is 12.3. The Morgan fingerprint density at radius 2 is 1.61 bits per heavy atom. The molecule has 1 aromatic rings. The SMILES string of the molecule is CC(C)C(=O)N1CCN(C(=O)Cc2ccc([N+](=O)[O-])cc2)CC1. The smallest absolute Gasteiger partial charge is 0.269 e. The lowest BCUT2D eigenvalue weighted by Crippen LogP contribution is -2.51. The van der Waals surface area contributed by atoms with Crippen molar-refractivity contribution >= 4 is 17.5 Å². The number of nitro groups is 1. The van der Waals surface area contributed by atoms with Gasteiger partial charge in [0.2, 0.25) is 11.8 Å². The fraction of sp³-hybridized carbons (Fsp3) is 0.500. The molecule has 1 saturated heterocycles. The molecule has 1 fully saturated rings. The highest BCUT2D eigenvalue weighted by atomic mass is 16.6. The van der Waals surface area contributed by atoms with Crippen LogP contribution < -0.4 is 0 Å². The molecular weight excluding hydrogens is 298 g/mol. The van der Waals surface area contributed by atoms with Crippen LogP contribution in [0.4, 0.5) is 5.69 Å². The zero-order valence-corrected chi connectivity index (χ0v) is 13.4. The molecule has 23 heavy (non-hydrogen) atoms. The fourth-order valence-corrected chi connectivity index (χ4v) is 2.56. The van der Waals surface area contributed by atoms with Crippen LogP contribution in [0.2, 0.25) is 0 Å². The number of hydrogen-bond donors (Lipinski definition) is 0. The van der Waals surface area contributed by atoms with E-state index in [-0.39, 0.29) is 29.8 Å². The maximum Gasteiger partial charge on any atom is 0.269 e. The molecule has 0 N–H and O–H groups in total. The number of hydrogen-bond acceptors (Lipinski definition) is 4. The topological polar surface area (TPSA) is 83.8 Å². The van der Waals surface area contributed by atoms with Gasteiger partial charge in [0.05, 0.1) is 11.3 Å². The quantitative estimate of drug-likeness (QED) is 0.621. The first-order valence-electron chi connectivity index (χ1n) is 7.68. The van der Waals surface area contributed by atoms with Crippen LogP contribution in [0.3, 0.4) is 0 Å². The van der Waals surface area contributed by atoms with Crippen LogP contribution in [0, 0.1) is 16.0 Å². The summed E-state index contributed by atoms with van der Waals surface area (Å²) in [6.07, 6.45) is 0.218. The van der Waals surface area contributed by atoms with Gasteiger partial charge >= 0.3 is 0 Å². The van der Waals surface area contributed by atoms with Gasteiger partial charge in [-0.25, -0.2) is 0 Å². The van der Waals surface area contributed by atoms with Gasteiger partial charge in [-0.3, -0.25) is 19.7 Å². The summed E-state index contributed by atoms with van der Waals surface area (Å²) in [7, 11) is 0. The average Bonchev–Trinajstić information content (AvgIpc) is 2.54. The minimum Gasteiger partial charge on any atom is -0.339 e. The minimum absolute atomic E-state index is 0.0158. The number of carbonyl (C=O) groups excluding carboxylic acids is 2. The van der Waals surface area contributed by atoms with Crippen molar-refractivity contribution in [1.82, 2.24) is 9.80 Å². The summed E-state index contributed by atoms with van der Waals surface area (Å²) in [5.41, 5.74) is 0.767. The van der Waals surface area contributed by atoms with Crippen LogP contribution in [0.25, 0.3) is 0 Å². The minimum atomic E-state index is -0.462. The molecule has 0 aliphatic carbocycles. The number of nitrogens with zero attached hydrogens (tertiary/aromatic N) is 3. The van der Waals surface area contributed by atoms with E-state index in [4.69, 9.17) is 0 Å². The molecular formula is C16H21N3O4. The van der Waals surface area contributed by atoms with E-state index in [0.29, 0.717) is 26.2 Å². The second-order valence-electron chi connectivity index (χ2n) is 5.96. The van der Waals surface area contributed by atoms with E-state index in [9.17, 15) is 19.7 Å². The van der Waals surface area contributed by atoms with Gasteiger partial charge in [0, 0.05) is 44.2 Å². The van der Waals surface area contributed by atoms with Gasteiger partial charge in [0.1, 0.15) is 0 Å². The molecule has 1 aliphatic heterocycles. The molecule has 2 rings (SSSR count). The van der Waals surface area contributed by atoms with Gasteiger partial charge in [-0.2, -0.15) is 0 Å². The Morgan fingerprint density at radius 1 is 1.09 bits per heavy atom. The van der Waals surface area contributed by atoms with Crippen LogP contribution >= 0.6 is 0 Å². The summed E-state index contributed by atoms with van der Waals surface area (Å²) in [5, 5.41) is 10.6. The zero-order chi connectivity index (χ0) is 17.0. The Kier molecular flexibility index (Phi) is 5.31. The molecule has 0 atom stereocenters. The molecule has 124 valence electrons. The average molecular weight is 319 g/mol. The zero-order valence-electron chi connectivity index (χ0n) is 13.4. The van der Waals surface area contributed by atoms with E-state index in [2.05, 4.69) is 0 Å². The summed E-state index contributed by atoms with van der Waals surface area (Å²) in [4.78, 5) is 37.9.